The zero-order valence-corrected chi connectivity index (χ0v) is 9.63. The number of para-hydroxylation sites is 1. The number of benzene rings is 1. The van der Waals surface area contributed by atoms with Gasteiger partial charge in [0.05, 0.1) is 19.2 Å². The van der Waals surface area contributed by atoms with Gasteiger partial charge in [-0.15, -0.1) is 0 Å². The molecule has 0 aliphatic heterocycles. The second-order valence-electron chi connectivity index (χ2n) is 3.67. The van der Waals surface area contributed by atoms with E-state index in [1.54, 1.807) is 6.20 Å². The van der Waals surface area contributed by atoms with Crippen LogP contribution in [0.3, 0.4) is 0 Å². The minimum Gasteiger partial charge on any atom is -0.493 e. The van der Waals surface area contributed by atoms with E-state index in [9.17, 15) is 0 Å². The van der Waals surface area contributed by atoms with Gasteiger partial charge in [0.1, 0.15) is 11.5 Å². The molecule has 0 aliphatic rings. The van der Waals surface area contributed by atoms with E-state index in [1.807, 2.05) is 30.3 Å². The zero-order chi connectivity index (χ0) is 11.9. The van der Waals surface area contributed by atoms with Crippen molar-refractivity contribution in [3.63, 3.8) is 0 Å². The molecule has 17 heavy (non-hydrogen) atoms. The Balaban J connectivity index is 1.78. The standard InChI is InChI=1S/C13H16N2O2/c14-8-6-12-10-15-13(17-12)7-9-16-11-4-2-1-3-5-11/h1-5,10H,6-9,14H2. The lowest BCUT2D eigenvalue weighted by Crippen LogP contribution is -2.02. The third-order valence-corrected chi connectivity index (χ3v) is 2.32. The van der Waals surface area contributed by atoms with Crippen LogP contribution in [0.25, 0.3) is 0 Å². The maximum atomic E-state index is 5.55. The number of ether oxygens (including phenoxy) is 1. The monoisotopic (exact) mass is 232 g/mol. The molecule has 0 saturated heterocycles. The molecule has 1 aromatic heterocycles. The molecular weight excluding hydrogens is 216 g/mol. The van der Waals surface area contributed by atoms with Crippen LogP contribution in [0.4, 0.5) is 0 Å². The van der Waals surface area contributed by atoms with Gasteiger partial charge in [0.15, 0.2) is 5.89 Å². The molecule has 4 nitrogen and oxygen atoms in total. The first kappa shape index (κ1) is 11.7. The molecule has 4 heteroatoms. The largest absolute Gasteiger partial charge is 0.493 e. The molecule has 0 spiro atoms. The Hall–Kier alpha value is -1.81. The van der Waals surface area contributed by atoms with Crippen LogP contribution in [0.15, 0.2) is 40.9 Å². The first-order chi connectivity index (χ1) is 8.38. The summed E-state index contributed by atoms with van der Waals surface area (Å²) in [5.41, 5.74) is 5.43. The van der Waals surface area contributed by atoms with Crippen molar-refractivity contribution in [2.45, 2.75) is 12.8 Å². The Labute approximate surface area is 100 Å². The van der Waals surface area contributed by atoms with Gasteiger partial charge in [-0.2, -0.15) is 0 Å². The Morgan fingerprint density at radius 1 is 1.18 bits per heavy atom. The smallest absolute Gasteiger partial charge is 0.197 e. The summed E-state index contributed by atoms with van der Waals surface area (Å²) in [5.74, 6) is 2.40. The first-order valence-corrected chi connectivity index (χ1v) is 5.70. The predicted molar refractivity (Wildman–Crippen MR) is 64.9 cm³/mol. The van der Waals surface area contributed by atoms with Crippen LogP contribution in [0, 0.1) is 0 Å². The number of hydrogen-bond donors (Lipinski definition) is 1. The molecule has 0 fully saturated rings. The Bertz CT molecular complexity index is 440. The fourth-order valence-corrected chi connectivity index (χ4v) is 1.49. The van der Waals surface area contributed by atoms with Crippen molar-refractivity contribution >= 4 is 0 Å². The summed E-state index contributed by atoms with van der Waals surface area (Å²) in [7, 11) is 0. The van der Waals surface area contributed by atoms with Gasteiger partial charge in [-0.05, 0) is 18.7 Å². The molecule has 0 atom stereocenters. The molecule has 2 N–H and O–H groups in total. The van der Waals surface area contributed by atoms with Gasteiger partial charge in [0, 0.05) is 6.42 Å². The molecule has 2 aromatic rings. The number of nitrogens with two attached hydrogens (primary N) is 1. The van der Waals surface area contributed by atoms with Gasteiger partial charge in [-0.3, -0.25) is 0 Å². The normalized spacial score (nSPS) is 10.4. The highest BCUT2D eigenvalue weighted by Crippen LogP contribution is 2.10. The van der Waals surface area contributed by atoms with Crippen molar-refractivity contribution < 1.29 is 9.15 Å². The highest BCUT2D eigenvalue weighted by Gasteiger charge is 2.03. The molecule has 0 radical (unpaired) electrons. The van der Waals surface area contributed by atoms with Crippen molar-refractivity contribution in [1.29, 1.82) is 0 Å². The van der Waals surface area contributed by atoms with Gasteiger partial charge in [-0.25, -0.2) is 4.98 Å². The average molecular weight is 232 g/mol. The minimum atomic E-state index is 0.562. The summed E-state index contributed by atoms with van der Waals surface area (Å²) < 4.78 is 11.0. The van der Waals surface area contributed by atoms with Crippen LogP contribution in [0.2, 0.25) is 0 Å². The van der Waals surface area contributed by atoms with Crippen molar-refractivity contribution in [1.82, 2.24) is 4.98 Å². The first-order valence-electron chi connectivity index (χ1n) is 5.70. The number of nitrogens with zero attached hydrogens (tertiary/aromatic N) is 1. The molecule has 0 unspecified atom stereocenters. The van der Waals surface area contributed by atoms with E-state index in [-0.39, 0.29) is 0 Å². The predicted octanol–water partition coefficient (Wildman–Crippen LogP) is 1.80. The Kier molecular flexibility index (Phi) is 4.16. The second-order valence-corrected chi connectivity index (χ2v) is 3.67. The van der Waals surface area contributed by atoms with E-state index in [4.69, 9.17) is 14.9 Å². The third-order valence-electron chi connectivity index (χ3n) is 2.32. The SMILES string of the molecule is NCCc1cnc(CCOc2ccccc2)o1. The lowest BCUT2D eigenvalue weighted by atomic mass is 10.3. The van der Waals surface area contributed by atoms with Crippen LogP contribution in [-0.2, 0) is 12.8 Å². The van der Waals surface area contributed by atoms with E-state index >= 15 is 0 Å². The van der Waals surface area contributed by atoms with Crippen molar-refractivity contribution in [2.24, 2.45) is 5.73 Å². The third kappa shape index (κ3) is 3.60. The van der Waals surface area contributed by atoms with Gasteiger partial charge < -0.3 is 14.9 Å². The number of aromatic nitrogens is 1. The maximum Gasteiger partial charge on any atom is 0.197 e. The van der Waals surface area contributed by atoms with Gasteiger partial charge >= 0.3 is 0 Å². The summed E-state index contributed by atoms with van der Waals surface area (Å²) >= 11 is 0. The van der Waals surface area contributed by atoms with E-state index in [0.717, 1.165) is 17.9 Å². The van der Waals surface area contributed by atoms with Gasteiger partial charge in [-0.1, -0.05) is 18.2 Å². The van der Waals surface area contributed by atoms with Crippen LogP contribution < -0.4 is 10.5 Å². The van der Waals surface area contributed by atoms with Gasteiger partial charge in [0.25, 0.3) is 0 Å². The van der Waals surface area contributed by atoms with Crippen molar-refractivity contribution in [3.8, 4) is 5.75 Å². The van der Waals surface area contributed by atoms with Crippen molar-refractivity contribution in [2.75, 3.05) is 13.2 Å². The molecule has 0 amide bonds. The molecule has 0 bridgehead atoms. The Morgan fingerprint density at radius 2 is 2.00 bits per heavy atom. The lowest BCUT2D eigenvalue weighted by Gasteiger charge is -2.03. The topological polar surface area (TPSA) is 61.3 Å². The highest BCUT2D eigenvalue weighted by molar-refractivity contribution is 5.20. The quantitative estimate of drug-likeness (QED) is 0.825. The average Bonchev–Trinajstić information content (AvgIpc) is 2.79. The van der Waals surface area contributed by atoms with Crippen LogP contribution in [0.5, 0.6) is 5.75 Å². The zero-order valence-electron chi connectivity index (χ0n) is 9.63. The Morgan fingerprint density at radius 3 is 2.76 bits per heavy atom. The van der Waals surface area contributed by atoms with Crippen molar-refractivity contribution in [3.05, 3.63) is 48.2 Å². The summed E-state index contributed by atoms with van der Waals surface area (Å²) in [4.78, 5) is 4.16. The fourth-order valence-electron chi connectivity index (χ4n) is 1.49. The highest BCUT2D eigenvalue weighted by atomic mass is 16.5. The van der Waals surface area contributed by atoms with E-state index < -0.39 is 0 Å². The van der Waals surface area contributed by atoms with Crippen LogP contribution in [-0.4, -0.2) is 18.1 Å². The minimum absolute atomic E-state index is 0.562. The van der Waals surface area contributed by atoms with Crippen LogP contribution >= 0.6 is 0 Å². The summed E-state index contributed by atoms with van der Waals surface area (Å²) in [6.45, 7) is 1.14. The second kappa shape index (κ2) is 6.06. The summed E-state index contributed by atoms with van der Waals surface area (Å²) in [6, 6.07) is 9.70. The van der Waals surface area contributed by atoms with E-state index in [1.165, 1.54) is 0 Å². The molecule has 90 valence electrons. The van der Waals surface area contributed by atoms with E-state index in [2.05, 4.69) is 4.98 Å². The van der Waals surface area contributed by atoms with Crippen LogP contribution in [0.1, 0.15) is 11.7 Å². The number of rotatable bonds is 6. The summed E-state index contributed by atoms with van der Waals surface area (Å²) in [5, 5.41) is 0. The van der Waals surface area contributed by atoms with E-state index in [0.29, 0.717) is 25.5 Å². The lowest BCUT2D eigenvalue weighted by molar-refractivity contribution is 0.304. The maximum absolute atomic E-state index is 5.55. The summed E-state index contributed by atoms with van der Waals surface area (Å²) in [6.07, 6.45) is 3.12. The molecular formula is C13H16N2O2. The molecule has 0 saturated carbocycles. The number of oxazole rings is 1. The molecule has 1 heterocycles. The molecule has 2 rings (SSSR count). The van der Waals surface area contributed by atoms with Gasteiger partial charge in [0.2, 0.25) is 0 Å². The fraction of sp³-hybridized carbons (Fsp3) is 0.308. The number of hydrogen-bond acceptors (Lipinski definition) is 4. The molecule has 1 aromatic carbocycles. The molecule has 0 aliphatic carbocycles.